The number of benzene rings is 1. The smallest absolute Gasteiger partial charge is 0.306 e. The molecule has 0 atom stereocenters. The highest BCUT2D eigenvalue weighted by atomic mass is 16.4. The van der Waals surface area contributed by atoms with Crippen molar-refractivity contribution in [3.8, 4) is 12.1 Å². The van der Waals surface area contributed by atoms with Crippen LogP contribution in [0.15, 0.2) is 24.3 Å². The van der Waals surface area contributed by atoms with Gasteiger partial charge in [-0.05, 0) is 24.1 Å². The summed E-state index contributed by atoms with van der Waals surface area (Å²) in [4.78, 5) is 10.9. The van der Waals surface area contributed by atoms with Crippen molar-refractivity contribution in [3.05, 3.63) is 29.8 Å². The molecule has 5 nitrogen and oxygen atoms in total. The van der Waals surface area contributed by atoms with Crippen molar-refractivity contribution in [1.29, 1.82) is 10.5 Å². The van der Waals surface area contributed by atoms with E-state index in [1.807, 2.05) is 12.1 Å². The number of hydrogen-bond acceptors (Lipinski definition) is 4. The Morgan fingerprint density at radius 3 is 2.32 bits per heavy atom. The van der Waals surface area contributed by atoms with Crippen LogP contribution in [0.25, 0.3) is 0 Å². The highest BCUT2D eigenvalue weighted by Crippen LogP contribution is 2.28. The van der Waals surface area contributed by atoms with Crippen molar-refractivity contribution in [2.75, 3.05) is 11.9 Å². The van der Waals surface area contributed by atoms with Gasteiger partial charge in [0.25, 0.3) is 0 Å². The minimum atomic E-state index is -1.63. The van der Waals surface area contributed by atoms with E-state index in [1.54, 1.807) is 24.3 Å². The summed E-state index contributed by atoms with van der Waals surface area (Å²) in [6.45, 7) is 3.04. The van der Waals surface area contributed by atoms with Crippen LogP contribution in [0.5, 0.6) is 0 Å². The molecule has 0 aliphatic heterocycles. The summed E-state index contributed by atoms with van der Waals surface area (Å²) in [6.07, 6.45) is 4.18. The summed E-state index contributed by atoms with van der Waals surface area (Å²) in [7, 11) is 0. The molecule has 5 heteroatoms. The van der Waals surface area contributed by atoms with E-state index in [2.05, 4.69) is 12.2 Å². The topological polar surface area (TPSA) is 96.9 Å². The molecule has 0 bridgehead atoms. The fraction of sp³-hybridized carbons (Fsp3) is 0.471. The Bertz CT molecular complexity index is 553. The number of rotatable bonds is 9. The van der Waals surface area contributed by atoms with Crippen molar-refractivity contribution >= 4 is 11.7 Å². The fourth-order valence-electron chi connectivity index (χ4n) is 2.22. The molecule has 2 N–H and O–H groups in total. The maximum absolute atomic E-state index is 10.9. The standard InChI is InChI=1S/C17H21N3O2/c1-2-3-4-5-10-20-15-8-6-14(7-9-15)17(12-18,13-19)11-16(21)22/h6-9,20H,2-5,10-11H2,1H3,(H,21,22). The first-order valence-corrected chi connectivity index (χ1v) is 7.46. The first kappa shape index (κ1) is 17.5. The molecular formula is C17H21N3O2. The van der Waals surface area contributed by atoms with Gasteiger partial charge in [0.15, 0.2) is 5.41 Å². The number of nitrogens with zero attached hydrogens (tertiary/aromatic N) is 2. The van der Waals surface area contributed by atoms with Crippen molar-refractivity contribution in [2.24, 2.45) is 0 Å². The number of aliphatic carboxylic acids is 1. The summed E-state index contributed by atoms with van der Waals surface area (Å²) in [6, 6.07) is 10.5. The maximum Gasteiger partial charge on any atom is 0.306 e. The molecule has 0 radical (unpaired) electrons. The number of hydrogen-bond donors (Lipinski definition) is 2. The summed E-state index contributed by atoms with van der Waals surface area (Å²) >= 11 is 0. The zero-order chi connectivity index (χ0) is 16.4. The second kappa shape index (κ2) is 8.69. The third-order valence-electron chi connectivity index (χ3n) is 3.54. The van der Waals surface area contributed by atoms with Gasteiger partial charge in [0.1, 0.15) is 0 Å². The Kier molecular flexibility index (Phi) is 6.92. The predicted molar refractivity (Wildman–Crippen MR) is 84.2 cm³/mol. The zero-order valence-electron chi connectivity index (χ0n) is 12.8. The van der Waals surface area contributed by atoms with E-state index in [4.69, 9.17) is 5.11 Å². The minimum absolute atomic E-state index is 0.413. The number of carbonyl (C=O) groups is 1. The molecular weight excluding hydrogens is 278 g/mol. The highest BCUT2D eigenvalue weighted by Gasteiger charge is 2.35. The molecule has 0 spiro atoms. The highest BCUT2D eigenvalue weighted by molar-refractivity contribution is 5.71. The summed E-state index contributed by atoms with van der Waals surface area (Å²) < 4.78 is 0. The lowest BCUT2D eigenvalue weighted by atomic mass is 9.80. The summed E-state index contributed by atoms with van der Waals surface area (Å²) in [5, 5.41) is 30.6. The van der Waals surface area contributed by atoms with Crippen molar-refractivity contribution in [3.63, 3.8) is 0 Å². The van der Waals surface area contributed by atoms with E-state index in [0.717, 1.165) is 18.7 Å². The van der Waals surface area contributed by atoms with E-state index in [0.29, 0.717) is 5.56 Å². The van der Waals surface area contributed by atoms with Crippen LogP contribution >= 0.6 is 0 Å². The molecule has 0 amide bonds. The lowest BCUT2D eigenvalue weighted by molar-refractivity contribution is -0.137. The minimum Gasteiger partial charge on any atom is -0.481 e. The average molecular weight is 299 g/mol. The Hall–Kier alpha value is -2.53. The molecule has 0 aliphatic carbocycles. The second-order valence-electron chi connectivity index (χ2n) is 5.26. The van der Waals surface area contributed by atoms with Gasteiger partial charge in [0, 0.05) is 12.2 Å². The van der Waals surface area contributed by atoms with Crippen LogP contribution in [0, 0.1) is 22.7 Å². The molecule has 0 unspecified atom stereocenters. The van der Waals surface area contributed by atoms with Gasteiger partial charge < -0.3 is 10.4 Å². The average Bonchev–Trinajstić information content (AvgIpc) is 2.53. The molecule has 116 valence electrons. The van der Waals surface area contributed by atoms with Gasteiger partial charge in [-0.3, -0.25) is 4.79 Å². The molecule has 1 rings (SSSR count). The van der Waals surface area contributed by atoms with E-state index in [9.17, 15) is 15.3 Å². The van der Waals surface area contributed by atoms with Crippen LogP contribution in [0.4, 0.5) is 5.69 Å². The fourth-order valence-corrected chi connectivity index (χ4v) is 2.22. The predicted octanol–water partition coefficient (Wildman–Crippen LogP) is 3.44. The Morgan fingerprint density at radius 1 is 1.18 bits per heavy atom. The number of anilines is 1. The normalized spacial score (nSPS) is 10.5. The van der Waals surface area contributed by atoms with E-state index < -0.39 is 17.8 Å². The second-order valence-corrected chi connectivity index (χ2v) is 5.26. The number of nitrogens with one attached hydrogen (secondary N) is 1. The first-order chi connectivity index (χ1) is 10.6. The Balaban J connectivity index is 2.72. The van der Waals surface area contributed by atoms with Gasteiger partial charge in [0.2, 0.25) is 0 Å². The van der Waals surface area contributed by atoms with Gasteiger partial charge in [-0.25, -0.2) is 0 Å². The van der Waals surface area contributed by atoms with Crippen LogP contribution in [0.1, 0.15) is 44.6 Å². The van der Waals surface area contributed by atoms with Crippen LogP contribution in [-0.4, -0.2) is 17.6 Å². The number of carboxylic acids is 1. The van der Waals surface area contributed by atoms with Crippen molar-refractivity contribution in [1.82, 2.24) is 0 Å². The summed E-state index contributed by atoms with van der Waals surface area (Å²) in [5.41, 5.74) is -0.317. The maximum atomic E-state index is 10.9. The van der Waals surface area contributed by atoms with Crippen LogP contribution < -0.4 is 5.32 Å². The molecule has 0 aromatic heterocycles. The molecule has 22 heavy (non-hydrogen) atoms. The lowest BCUT2D eigenvalue weighted by Gasteiger charge is -2.17. The van der Waals surface area contributed by atoms with E-state index in [1.165, 1.54) is 19.3 Å². The van der Waals surface area contributed by atoms with Gasteiger partial charge in [-0.15, -0.1) is 0 Å². The Morgan fingerprint density at radius 2 is 1.82 bits per heavy atom. The molecule has 0 saturated heterocycles. The molecule has 1 aromatic rings. The van der Waals surface area contributed by atoms with Gasteiger partial charge >= 0.3 is 5.97 Å². The molecule has 1 aromatic carbocycles. The molecule has 0 fully saturated rings. The third-order valence-corrected chi connectivity index (χ3v) is 3.54. The van der Waals surface area contributed by atoms with Crippen LogP contribution in [0.2, 0.25) is 0 Å². The van der Waals surface area contributed by atoms with Crippen LogP contribution in [-0.2, 0) is 10.2 Å². The zero-order valence-corrected chi connectivity index (χ0v) is 12.8. The third kappa shape index (κ3) is 4.79. The quantitative estimate of drug-likeness (QED) is 0.681. The first-order valence-electron chi connectivity index (χ1n) is 7.46. The Labute approximate surface area is 131 Å². The van der Waals surface area contributed by atoms with Crippen molar-refractivity contribution < 1.29 is 9.90 Å². The van der Waals surface area contributed by atoms with Gasteiger partial charge in [-0.2, -0.15) is 10.5 Å². The number of nitriles is 2. The van der Waals surface area contributed by atoms with Crippen LogP contribution in [0.3, 0.4) is 0 Å². The monoisotopic (exact) mass is 299 g/mol. The van der Waals surface area contributed by atoms with Gasteiger partial charge in [-0.1, -0.05) is 38.3 Å². The number of carboxylic acid groups (broad SMARTS) is 1. The van der Waals surface area contributed by atoms with Gasteiger partial charge in [0.05, 0.1) is 18.6 Å². The van der Waals surface area contributed by atoms with Crippen molar-refractivity contribution in [2.45, 2.75) is 44.4 Å². The van der Waals surface area contributed by atoms with E-state index in [-0.39, 0.29) is 0 Å². The molecule has 0 saturated carbocycles. The van der Waals surface area contributed by atoms with E-state index >= 15 is 0 Å². The molecule has 0 aliphatic rings. The SMILES string of the molecule is CCCCCCNc1ccc(C(C#N)(C#N)CC(=O)O)cc1. The lowest BCUT2D eigenvalue weighted by Crippen LogP contribution is -2.25. The number of unbranched alkanes of at least 4 members (excludes halogenated alkanes) is 3. The largest absolute Gasteiger partial charge is 0.481 e. The summed E-state index contributed by atoms with van der Waals surface area (Å²) in [5.74, 6) is -1.17. The molecule has 0 heterocycles.